The van der Waals surface area contributed by atoms with Crippen LogP contribution in [0.4, 0.5) is 5.69 Å². The van der Waals surface area contributed by atoms with Crippen LogP contribution in [0, 0.1) is 0 Å². The molecule has 3 nitrogen and oxygen atoms in total. The largest absolute Gasteiger partial charge is 0.323 e. The number of para-hydroxylation sites is 1. The van der Waals surface area contributed by atoms with Crippen LogP contribution in [0.15, 0.2) is 78.9 Å². The molecule has 4 heteroatoms. The Morgan fingerprint density at radius 2 is 1.32 bits per heavy atom. The van der Waals surface area contributed by atoms with Crippen molar-refractivity contribution in [3.05, 3.63) is 90.0 Å². The third-order valence-electron chi connectivity index (χ3n) is 4.43. The van der Waals surface area contributed by atoms with Crippen molar-refractivity contribution in [2.24, 2.45) is 0 Å². The van der Waals surface area contributed by atoms with Gasteiger partial charge in [-0.1, -0.05) is 84.4 Å². The number of nitrogens with one attached hydrogen (secondary N) is 1. The average molecular weight is 348 g/mol. The van der Waals surface area contributed by atoms with E-state index in [1.54, 1.807) is 36.4 Å². The molecule has 1 N–H and O–H groups in total. The molecule has 0 bridgehead atoms. The fourth-order valence-electron chi connectivity index (χ4n) is 3.15. The highest BCUT2D eigenvalue weighted by Gasteiger charge is 2.50. The van der Waals surface area contributed by atoms with Crippen LogP contribution in [-0.4, -0.2) is 11.7 Å². The van der Waals surface area contributed by atoms with E-state index >= 15 is 0 Å². The third kappa shape index (κ3) is 2.36. The lowest BCUT2D eigenvalue weighted by molar-refractivity contribution is -0.117. The molecule has 0 spiro atoms. The van der Waals surface area contributed by atoms with E-state index in [1.807, 2.05) is 42.5 Å². The summed E-state index contributed by atoms with van der Waals surface area (Å²) in [6, 6.07) is 23.7. The Balaban J connectivity index is 1.89. The average Bonchev–Trinajstić information content (AvgIpc) is 2.67. The van der Waals surface area contributed by atoms with Crippen molar-refractivity contribution in [1.82, 2.24) is 0 Å². The number of carbonyl (C=O) groups is 2. The van der Waals surface area contributed by atoms with Gasteiger partial charge in [-0.25, -0.2) is 0 Å². The summed E-state index contributed by atoms with van der Waals surface area (Å²) < 4.78 is 0. The van der Waals surface area contributed by atoms with Crippen LogP contribution in [0.25, 0.3) is 11.1 Å². The molecule has 4 rings (SSSR count). The predicted octanol–water partition coefficient (Wildman–Crippen LogP) is 4.62. The lowest BCUT2D eigenvalue weighted by Gasteiger charge is -2.31. The van der Waals surface area contributed by atoms with E-state index in [4.69, 9.17) is 11.6 Å². The Morgan fingerprint density at radius 1 is 0.720 bits per heavy atom. The monoisotopic (exact) mass is 347 g/mol. The maximum Gasteiger partial charge on any atom is 0.258 e. The van der Waals surface area contributed by atoms with Crippen molar-refractivity contribution in [2.75, 3.05) is 5.32 Å². The number of carbonyl (C=O) groups excluding carboxylic acids is 2. The third-order valence-corrected chi connectivity index (χ3v) is 4.99. The van der Waals surface area contributed by atoms with Crippen molar-refractivity contribution in [3.8, 4) is 11.1 Å². The molecule has 3 aromatic rings. The second kappa shape index (κ2) is 5.87. The van der Waals surface area contributed by atoms with Gasteiger partial charge in [0.15, 0.2) is 5.78 Å². The number of Topliss-reactive ketones (excluding diaryl/α,β-unsaturated/α-hetero) is 1. The molecule has 1 aliphatic rings. The first-order valence-electron chi connectivity index (χ1n) is 7.91. The molecule has 1 amide bonds. The molecule has 0 radical (unpaired) electrons. The summed E-state index contributed by atoms with van der Waals surface area (Å²) in [5.74, 6) is -0.932. The summed E-state index contributed by atoms with van der Waals surface area (Å²) >= 11 is 6.57. The molecule has 0 aromatic heterocycles. The summed E-state index contributed by atoms with van der Waals surface area (Å²) in [6.07, 6.45) is 0. The van der Waals surface area contributed by atoms with E-state index in [9.17, 15) is 9.59 Å². The molecule has 1 atom stereocenters. The Morgan fingerprint density at radius 3 is 2.00 bits per heavy atom. The number of hydrogen-bond acceptors (Lipinski definition) is 2. The Hall–Kier alpha value is -2.91. The smallest absolute Gasteiger partial charge is 0.258 e. The number of hydrogen-bond donors (Lipinski definition) is 1. The van der Waals surface area contributed by atoms with Gasteiger partial charge in [-0.3, -0.25) is 9.59 Å². The minimum absolute atomic E-state index is 0.406. The fraction of sp³-hybridized carbons (Fsp3) is 0.0476. The van der Waals surface area contributed by atoms with E-state index in [0.717, 1.165) is 11.1 Å². The Bertz CT molecular complexity index is 970. The summed E-state index contributed by atoms with van der Waals surface area (Å²) in [6.45, 7) is 0. The van der Waals surface area contributed by atoms with Gasteiger partial charge >= 0.3 is 0 Å². The Kier molecular flexibility index (Phi) is 3.66. The number of anilines is 1. The van der Waals surface area contributed by atoms with Crippen LogP contribution in [0.5, 0.6) is 0 Å². The van der Waals surface area contributed by atoms with Gasteiger partial charge in [0.25, 0.3) is 5.91 Å². The summed E-state index contributed by atoms with van der Waals surface area (Å²) in [4.78, 5) is 24.2. The predicted molar refractivity (Wildman–Crippen MR) is 98.8 cm³/mol. The molecule has 25 heavy (non-hydrogen) atoms. The first kappa shape index (κ1) is 15.6. The van der Waals surface area contributed by atoms with Crippen LogP contribution >= 0.6 is 11.6 Å². The van der Waals surface area contributed by atoms with E-state index < -0.39 is 16.6 Å². The molecule has 0 saturated heterocycles. The molecule has 1 heterocycles. The molecule has 0 saturated carbocycles. The zero-order valence-electron chi connectivity index (χ0n) is 13.2. The minimum Gasteiger partial charge on any atom is -0.323 e. The first-order chi connectivity index (χ1) is 12.1. The van der Waals surface area contributed by atoms with Crippen LogP contribution in [-0.2, 0) is 9.67 Å². The van der Waals surface area contributed by atoms with Gasteiger partial charge in [-0.15, -0.1) is 0 Å². The van der Waals surface area contributed by atoms with Gasteiger partial charge in [0.1, 0.15) is 0 Å². The summed E-state index contributed by atoms with van der Waals surface area (Å²) in [5, 5.41) is 2.85. The number of fused-ring (bicyclic) bond motifs is 1. The SMILES string of the molecule is O=C1Nc2c(cccc2-c2ccccc2)C(=O)C1(Cl)c1ccccc1. The zero-order chi connectivity index (χ0) is 17.4. The number of halogens is 1. The van der Waals surface area contributed by atoms with E-state index in [0.29, 0.717) is 16.8 Å². The van der Waals surface area contributed by atoms with E-state index in [1.165, 1.54) is 0 Å². The standard InChI is InChI=1S/C21H14ClNO2/c22-21(15-10-5-2-6-11-15)19(24)17-13-7-12-16(18(17)23-20(21)25)14-8-3-1-4-9-14/h1-13H,(H,23,25). The molecule has 1 aliphatic heterocycles. The fourth-order valence-corrected chi connectivity index (χ4v) is 3.43. The van der Waals surface area contributed by atoms with Crippen molar-refractivity contribution in [3.63, 3.8) is 0 Å². The molecule has 0 fully saturated rings. The van der Waals surface area contributed by atoms with Gasteiger partial charge in [-0.2, -0.15) is 0 Å². The maximum absolute atomic E-state index is 13.1. The van der Waals surface area contributed by atoms with Crippen LogP contribution in [0.1, 0.15) is 15.9 Å². The normalized spacial score (nSPS) is 19.2. The first-order valence-corrected chi connectivity index (χ1v) is 8.29. The number of rotatable bonds is 2. The molecule has 3 aromatic carbocycles. The van der Waals surface area contributed by atoms with Gasteiger partial charge in [0.05, 0.1) is 5.69 Å². The lowest BCUT2D eigenvalue weighted by Crippen LogP contribution is -2.46. The zero-order valence-corrected chi connectivity index (χ0v) is 14.0. The van der Waals surface area contributed by atoms with Crippen molar-refractivity contribution in [2.45, 2.75) is 4.87 Å². The minimum atomic E-state index is -1.75. The lowest BCUT2D eigenvalue weighted by atomic mass is 9.83. The van der Waals surface area contributed by atoms with Crippen LogP contribution < -0.4 is 5.32 Å². The highest BCUT2D eigenvalue weighted by atomic mass is 35.5. The second-order valence-electron chi connectivity index (χ2n) is 5.90. The van der Waals surface area contributed by atoms with Gasteiger partial charge in [0, 0.05) is 11.1 Å². The van der Waals surface area contributed by atoms with Gasteiger partial charge in [-0.05, 0) is 17.2 Å². The van der Waals surface area contributed by atoms with E-state index in [2.05, 4.69) is 5.32 Å². The molecule has 1 unspecified atom stereocenters. The topological polar surface area (TPSA) is 46.2 Å². The highest BCUT2D eigenvalue weighted by Crippen LogP contribution is 2.43. The second-order valence-corrected chi connectivity index (χ2v) is 6.47. The number of ketones is 1. The van der Waals surface area contributed by atoms with Crippen LogP contribution in [0.2, 0.25) is 0 Å². The number of benzene rings is 3. The number of amides is 1. The quantitative estimate of drug-likeness (QED) is 0.543. The van der Waals surface area contributed by atoms with E-state index in [-0.39, 0.29) is 0 Å². The maximum atomic E-state index is 13.1. The van der Waals surface area contributed by atoms with Crippen LogP contribution in [0.3, 0.4) is 0 Å². The summed E-state index contributed by atoms with van der Waals surface area (Å²) in [5.41, 5.74) is 3.12. The Labute approximate surface area is 150 Å². The van der Waals surface area contributed by atoms with Crippen molar-refractivity contribution in [1.29, 1.82) is 0 Å². The van der Waals surface area contributed by atoms with Gasteiger partial charge < -0.3 is 5.32 Å². The summed E-state index contributed by atoms with van der Waals surface area (Å²) in [7, 11) is 0. The highest BCUT2D eigenvalue weighted by molar-refractivity contribution is 6.52. The van der Waals surface area contributed by atoms with Gasteiger partial charge in [0.2, 0.25) is 4.87 Å². The van der Waals surface area contributed by atoms with Crippen molar-refractivity contribution >= 4 is 29.0 Å². The van der Waals surface area contributed by atoms with Crippen molar-refractivity contribution < 1.29 is 9.59 Å². The molecule has 122 valence electrons. The number of alkyl halides is 1. The molecular formula is C21H14ClNO2. The molecular weight excluding hydrogens is 334 g/mol. The molecule has 0 aliphatic carbocycles.